The highest BCUT2D eigenvalue weighted by Crippen LogP contribution is 2.24. The van der Waals surface area contributed by atoms with E-state index in [0.29, 0.717) is 31.6 Å². The van der Waals surface area contributed by atoms with Gasteiger partial charge in [-0.2, -0.15) is 0 Å². The van der Waals surface area contributed by atoms with Gasteiger partial charge >= 0.3 is 0 Å². The van der Waals surface area contributed by atoms with Gasteiger partial charge in [-0.1, -0.05) is 6.07 Å². The molecule has 128 valence electrons. The molecule has 0 saturated carbocycles. The first-order chi connectivity index (χ1) is 11.5. The molecule has 24 heavy (non-hydrogen) atoms. The summed E-state index contributed by atoms with van der Waals surface area (Å²) in [6.07, 6.45) is 1.33. The summed E-state index contributed by atoms with van der Waals surface area (Å²) in [5.74, 6) is -1.00. The lowest BCUT2D eigenvalue weighted by atomic mass is 10.1. The van der Waals surface area contributed by atoms with Crippen molar-refractivity contribution in [2.24, 2.45) is 0 Å². The Balaban J connectivity index is 1.49. The molecule has 0 radical (unpaired) electrons. The molecule has 0 unspecified atom stereocenters. The highest BCUT2D eigenvalue weighted by atomic mass is 32.1. The normalized spacial score (nSPS) is 14.1. The molecule has 6 heteroatoms. The molecule has 2 heterocycles. The second-order valence-electron chi connectivity index (χ2n) is 6.16. The van der Waals surface area contributed by atoms with Crippen LogP contribution in [0.1, 0.15) is 22.4 Å². The fourth-order valence-corrected chi connectivity index (χ4v) is 3.82. The summed E-state index contributed by atoms with van der Waals surface area (Å²) >= 11 is 1.75. The molecule has 0 bridgehead atoms. The summed E-state index contributed by atoms with van der Waals surface area (Å²) in [4.78, 5) is 17.5. The topological polar surface area (TPSA) is 23.6 Å². The smallest absolute Gasteiger partial charge is 0.224 e. The van der Waals surface area contributed by atoms with Gasteiger partial charge in [-0.3, -0.25) is 4.79 Å². The standard InChI is InChI=1S/C18H20F2N2OS/c1-21(11-13-2-3-15(19)10-16(13)20)7-5-18(23)22-8-4-17-14(12-22)6-9-24-17/h2-3,6,9-10H,4-5,7-8,11-12H2,1H3. The lowest BCUT2D eigenvalue weighted by molar-refractivity contribution is -0.132. The molecule has 0 saturated heterocycles. The Hall–Kier alpha value is -1.79. The predicted molar refractivity (Wildman–Crippen MR) is 90.7 cm³/mol. The van der Waals surface area contributed by atoms with Crippen molar-refractivity contribution >= 4 is 17.2 Å². The molecule has 0 aliphatic carbocycles. The first kappa shape index (κ1) is 17.0. The summed E-state index contributed by atoms with van der Waals surface area (Å²) in [5.41, 5.74) is 1.69. The van der Waals surface area contributed by atoms with Crippen molar-refractivity contribution in [1.82, 2.24) is 9.80 Å². The second kappa shape index (κ2) is 7.40. The van der Waals surface area contributed by atoms with Crippen LogP contribution in [0.3, 0.4) is 0 Å². The molecule has 1 aromatic carbocycles. The fraction of sp³-hybridized carbons (Fsp3) is 0.389. The van der Waals surface area contributed by atoms with Gasteiger partial charge in [0.15, 0.2) is 0 Å². The molecular weight excluding hydrogens is 330 g/mol. The van der Waals surface area contributed by atoms with Crippen LogP contribution in [0, 0.1) is 11.6 Å². The van der Waals surface area contributed by atoms with Crippen LogP contribution < -0.4 is 0 Å². The van der Waals surface area contributed by atoms with Gasteiger partial charge in [0.2, 0.25) is 5.91 Å². The van der Waals surface area contributed by atoms with Gasteiger partial charge < -0.3 is 9.80 Å². The number of fused-ring (bicyclic) bond motifs is 1. The molecule has 1 amide bonds. The second-order valence-corrected chi connectivity index (χ2v) is 7.16. The van der Waals surface area contributed by atoms with Crippen LogP contribution in [-0.2, 0) is 24.3 Å². The molecule has 0 fully saturated rings. The lowest BCUT2D eigenvalue weighted by Gasteiger charge is -2.28. The van der Waals surface area contributed by atoms with Crippen LogP contribution in [-0.4, -0.2) is 35.8 Å². The Kier molecular flexibility index (Phi) is 5.26. The zero-order chi connectivity index (χ0) is 17.1. The van der Waals surface area contributed by atoms with Gasteiger partial charge in [0.1, 0.15) is 11.6 Å². The molecule has 0 atom stereocenters. The molecule has 1 aliphatic rings. The number of amides is 1. The molecular formula is C18H20F2N2OS. The van der Waals surface area contributed by atoms with Gasteiger partial charge in [0, 0.05) is 49.1 Å². The third-order valence-electron chi connectivity index (χ3n) is 4.32. The first-order valence-electron chi connectivity index (χ1n) is 7.98. The third-order valence-corrected chi connectivity index (χ3v) is 5.35. The van der Waals surface area contributed by atoms with Gasteiger partial charge in [-0.05, 0) is 36.5 Å². The monoisotopic (exact) mass is 350 g/mol. The average molecular weight is 350 g/mol. The Morgan fingerprint density at radius 1 is 1.33 bits per heavy atom. The van der Waals surface area contributed by atoms with Crippen molar-refractivity contribution in [3.05, 3.63) is 57.3 Å². The Morgan fingerprint density at radius 3 is 2.96 bits per heavy atom. The van der Waals surface area contributed by atoms with E-state index in [1.165, 1.54) is 22.6 Å². The summed E-state index contributed by atoms with van der Waals surface area (Å²) in [5, 5.41) is 2.07. The molecule has 3 rings (SSSR count). The van der Waals surface area contributed by atoms with Gasteiger partial charge in [0.25, 0.3) is 0 Å². The molecule has 1 aliphatic heterocycles. The number of carbonyl (C=O) groups is 1. The van der Waals surface area contributed by atoms with E-state index in [1.54, 1.807) is 11.3 Å². The first-order valence-corrected chi connectivity index (χ1v) is 8.86. The van der Waals surface area contributed by atoms with E-state index >= 15 is 0 Å². The number of nitrogens with zero attached hydrogens (tertiary/aromatic N) is 2. The van der Waals surface area contributed by atoms with Crippen LogP contribution >= 0.6 is 11.3 Å². The number of benzene rings is 1. The Bertz CT molecular complexity index is 732. The highest BCUT2D eigenvalue weighted by Gasteiger charge is 2.21. The minimum atomic E-state index is -0.577. The van der Waals surface area contributed by atoms with E-state index in [-0.39, 0.29) is 5.91 Å². The lowest BCUT2D eigenvalue weighted by Crippen LogP contribution is -2.37. The van der Waals surface area contributed by atoms with Crippen molar-refractivity contribution < 1.29 is 13.6 Å². The van der Waals surface area contributed by atoms with Gasteiger partial charge in [0.05, 0.1) is 0 Å². The number of carbonyl (C=O) groups excluding carboxylic acids is 1. The predicted octanol–water partition coefficient (Wildman–Crippen LogP) is 3.43. The maximum Gasteiger partial charge on any atom is 0.224 e. The zero-order valence-corrected chi connectivity index (χ0v) is 14.4. The summed E-state index contributed by atoms with van der Waals surface area (Å²) in [6, 6.07) is 5.68. The minimum absolute atomic E-state index is 0.123. The van der Waals surface area contributed by atoms with E-state index < -0.39 is 11.6 Å². The third kappa shape index (κ3) is 3.99. The summed E-state index contributed by atoms with van der Waals surface area (Å²) in [7, 11) is 1.84. The zero-order valence-electron chi connectivity index (χ0n) is 13.6. The minimum Gasteiger partial charge on any atom is -0.338 e. The van der Waals surface area contributed by atoms with E-state index in [1.807, 2.05) is 16.8 Å². The van der Waals surface area contributed by atoms with Crippen molar-refractivity contribution in [3.63, 3.8) is 0 Å². The van der Waals surface area contributed by atoms with Crippen molar-refractivity contribution in [2.75, 3.05) is 20.1 Å². The number of thiophene rings is 1. The number of rotatable bonds is 5. The van der Waals surface area contributed by atoms with Gasteiger partial charge in [-0.25, -0.2) is 8.78 Å². The summed E-state index contributed by atoms with van der Waals surface area (Å²) in [6.45, 7) is 2.35. The average Bonchev–Trinajstić information content (AvgIpc) is 3.03. The maximum atomic E-state index is 13.7. The SMILES string of the molecule is CN(CCC(=O)N1CCc2sccc2C1)Cc1ccc(F)cc1F. The van der Waals surface area contributed by atoms with E-state index in [9.17, 15) is 13.6 Å². The molecule has 2 aromatic rings. The Labute approximate surface area is 144 Å². The van der Waals surface area contributed by atoms with Crippen molar-refractivity contribution in [2.45, 2.75) is 25.9 Å². The van der Waals surface area contributed by atoms with E-state index in [2.05, 4.69) is 11.4 Å². The van der Waals surface area contributed by atoms with Crippen LogP contribution in [0.2, 0.25) is 0 Å². The van der Waals surface area contributed by atoms with Gasteiger partial charge in [-0.15, -0.1) is 11.3 Å². The number of halogens is 2. The summed E-state index contributed by atoms with van der Waals surface area (Å²) < 4.78 is 26.6. The largest absolute Gasteiger partial charge is 0.338 e. The maximum absolute atomic E-state index is 13.7. The fourth-order valence-electron chi connectivity index (χ4n) is 2.93. The molecule has 1 aromatic heterocycles. The van der Waals surface area contributed by atoms with E-state index in [4.69, 9.17) is 0 Å². The van der Waals surface area contributed by atoms with E-state index in [0.717, 1.165) is 19.0 Å². The molecule has 0 N–H and O–H groups in total. The molecule has 3 nitrogen and oxygen atoms in total. The van der Waals surface area contributed by atoms with Crippen LogP contribution in [0.5, 0.6) is 0 Å². The van der Waals surface area contributed by atoms with Crippen LogP contribution in [0.4, 0.5) is 8.78 Å². The molecule has 0 spiro atoms. The van der Waals surface area contributed by atoms with Crippen molar-refractivity contribution in [1.29, 1.82) is 0 Å². The Morgan fingerprint density at radius 2 is 2.17 bits per heavy atom. The highest BCUT2D eigenvalue weighted by molar-refractivity contribution is 7.10. The van der Waals surface area contributed by atoms with Crippen molar-refractivity contribution in [3.8, 4) is 0 Å². The quantitative estimate of drug-likeness (QED) is 0.825. The van der Waals surface area contributed by atoms with Crippen LogP contribution in [0.25, 0.3) is 0 Å². The number of hydrogen-bond acceptors (Lipinski definition) is 3. The number of hydrogen-bond donors (Lipinski definition) is 0. The van der Waals surface area contributed by atoms with Crippen LogP contribution in [0.15, 0.2) is 29.6 Å².